The highest BCUT2D eigenvalue weighted by Gasteiger charge is 2.09. The van der Waals surface area contributed by atoms with Crippen molar-refractivity contribution in [2.24, 2.45) is 0 Å². The lowest BCUT2D eigenvalue weighted by Gasteiger charge is -2.11. The van der Waals surface area contributed by atoms with Gasteiger partial charge in [-0.1, -0.05) is 0 Å². The number of hydrogen-bond donors (Lipinski definition) is 2. The Kier molecular flexibility index (Phi) is 3.65. The van der Waals surface area contributed by atoms with Crippen LogP contribution in [0.25, 0.3) is 10.9 Å². The fourth-order valence-electron chi connectivity index (χ4n) is 2.15. The zero-order valence-electron chi connectivity index (χ0n) is 12.2. The fraction of sp³-hybridized carbons (Fsp3) is 0.125. The van der Waals surface area contributed by atoms with Crippen LogP contribution in [0.15, 0.2) is 42.7 Å². The standard InChI is InChI=1S/C16H15N3O3/c1-10(20)19-16-8-12(4-6-18-16)22-15-7-11-3-5-17-13(11)9-14(15)21-2/h3-9,17H,1-2H3,(H,18,19,20). The predicted octanol–water partition coefficient (Wildman–Crippen LogP) is 3.32. The van der Waals surface area contributed by atoms with Crippen molar-refractivity contribution in [2.75, 3.05) is 12.4 Å². The molecule has 2 heterocycles. The zero-order valence-corrected chi connectivity index (χ0v) is 12.2. The van der Waals surface area contributed by atoms with Gasteiger partial charge in [-0.25, -0.2) is 4.98 Å². The van der Waals surface area contributed by atoms with E-state index in [1.54, 1.807) is 25.4 Å². The molecule has 0 unspecified atom stereocenters. The van der Waals surface area contributed by atoms with Gasteiger partial charge in [0.1, 0.15) is 11.6 Å². The number of nitrogens with one attached hydrogen (secondary N) is 2. The number of ether oxygens (including phenoxy) is 2. The van der Waals surface area contributed by atoms with Crippen LogP contribution in [0.1, 0.15) is 6.92 Å². The Morgan fingerprint density at radius 3 is 2.86 bits per heavy atom. The second kappa shape index (κ2) is 5.77. The summed E-state index contributed by atoms with van der Waals surface area (Å²) in [6, 6.07) is 9.09. The van der Waals surface area contributed by atoms with E-state index in [9.17, 15) is 4.79 Å². The van der Waals surface area contributed by atoms with E-state index in [1.165, 1.54) is 6.92 Å². The number of fused-ring (bicyclic) bond motifs is 1. The summed E-state index contributed by atoms with van der Waals surface area (Å²) in [5.74, 6) is 2.03. The van der Waals surface area contributed by atoms with Crippen LogP contribution < -0.4 is 14.8 Å². The second-order valence-electron chi connectivity index (χ2n) is 4.73. The van der Waals surface area contributed by atoms with Crippen LogP contribution in [-0.2, 0) is 4.79 Å². The number of hydrogen-bond acceptors (Lipinski definition) is 4. The molecular formula is C16H15N3O3. The van der Waals surface area contributed by atoms with Crippen LogP contribution in [0, 0.1) is 0 Å². The van der Waals surface area contributed by atoms with Gasteiger partial charge in [0.25, 0.3) is 0 Å². The summed E-state index contributed by atoms with van der Waals surface area (Å²) in [4.78, 5) is 18.3. The number of amides is 1. The van der Waals surface area contributed by atoms with Crippen LogP contribution >= 0.6 is 0 Å². The van der Waals surface area contributed by atoms with Gasteiger partial charge in [0.2, 0.25) is 5.91 Å². The van der Waals surface area contributed by atoms with Gasteiger partial charge < -0.3 is 19.8 Å². The van der Waals surface area contributed by atoms with E-state index in [0.717, 1.165) is 10.9 Å². The van der Waals surface area contributed by atoms with E-state index in [2.05, 4.69) is 15.3 Å². The van der Waals surface area contributed by atoms with Crippen LogP contribution in [0.2, 0.25) is 0 Å². The van der Waals surface area contributed by atoms with Gasteiger partial charge in [0.15, 0.2) is 11.5 Å². The molecule has 22 heavy (non-hydrogen) atoms. The number of carbonyl (C=O) groups excluding carboxylic acids is 1. The number of carbonyl (C=O) groups is 1. The van der Waals surface area contributed by atoms with Gasteiger partial charge in [-0.05, 0) is 18.2 Å². The van der Waals surface area contributed by atoms with E-state index in [0.29, 0.717) is 23.1 Å². The smallest absolute Gasteiger partial charge is 0.222 e. The summed E-state index contributed by atoms with van der Waals surface area (Å²) in [5.41, 5.74) is 0.970. The number of anilines is 1. The molecule has 0 aliphatic carbocycles. The third kappa shape index (κ3) is 2.85. The highest BCUT2D eigenvalue weighted by Crippen LogP contribution is 2.35. The number of aromatic amines is 1. The molecule has 0 radical (unpaired) electrons. The van der Waals surface area contributed by atoms with Crippen molar-refractivity contribution in [1.82, 2.24) is 9.97 Å². The van der Waals surface area contributed by atoms with Crippen molar-refractivity contribution in [3.8, 4) is 17.2 Å². The number of pyridine rings is 1. The van der Waals surface area contributed by atoms with E-state index in [4.69, 9.17) is 9.47 Å². The van der Waals surface area contributed by atoms with Crippen LogP contribution in [-0.4, -0.2) is 23.0 Å². The molecule has 3 rings (SSSR count). The van der Waals surface area contributed by atoms with E-state index in [-0.39, 0.29) is 5.91 Å². The molecular weight excluding hydrogens is 282 g/mol. The van der Waals surface area contributed by atoms with Gasteiger partial charge in [-0.15, -0.1) is 0 Å². The van der Waals surface area contributed by atoms with Crippen molar-refractivity contribution in [1.29, 1.82) is 0 Å². The Balaban J connectivity index is 1.93. The summed E-state index contributed by atoms with van der Waals surface area (Å²) < 4.78 is 11.2. The van der Waals surface area contributed by atoms with Crippen molar-refractivity contribution in [2.45, 2.75) is 6.92 Å². The van der Waals surface area contributed by atoms with E-state index < -0.39 is 0 Å². The van der Waals surface area contributed by atoms with Crippen LogP contribution in [0.5, 0.6) is 17.2 Å². The molecule has 6 nitrogen and oxygen atoms in total. The van der Waals surface area contributed by atoms with Gasteiger partial charge in [0.05, 0.1) is 7.11 Å². The summed E-state index contributed by atoms with van der Waals surface area (Å²) >= 11 is 0. The molecule has 1 aromatic carbocycles. The first-order valence-electron chi connectivity index (χ1n) is 6.72. The normalized spacial score (nSPS) is 10.5. The highest BCUT2D eigenvalue weighted by atomic mass is 16.5. The first kappa shape index (κ1) is 13.9. The molecule has 2 aromatic heterocycles. The minimum absolute atomic E-state index is 0.184. The number of H-pyrrole nitrogens is 1. The Labute approximate surface area is 127 Å². The second-order valence-corrected chi connectivity index (χ2v) is 4.73. The van der Waals surface area contributed by atoms with Gasteiger partial charge in [0, 0.05) is 42.4 Å². The third-order valence-corrected chi connectivity index (χ3v) is 3.10. The monoisotopic (exact) mass is 297 g/mol. The maximum absolute atomic E-state index is 11.1. The minimum atomic E-state index is -0.184. The maximum atomic E-state index is 11.1. The topological polar surface area (TPSA) is 76.2 Å². The average molecular weight is 297 g/mol. The van der Waals surface area contributed by atoms with Gasteiger partial charge in [-0.3, -0.25) is 4.79 Å². The van der Waals surface area contributed by atoms with Crippen molar-refractivity contribution >= 4 is 22.6 Å². The lowest BCUT2D eigenvalue weighted by molar-refractivity contribution is -0.114. The van der Waals surface area contributed by atoms with E-state index in [1.807, 2.05) is 24.4 Å². The van der Waals surface area contributed by atoms with E-state index >= 15 is 0 Å². The summed E-state index contributed by atoms with van der Waals surface area (Å²) in [6.07, 6.45) is 3.43. The molecule has 0 saturated carbocycles. The first-order chi connectivity index (χ1) is 10.7. The Hall–Kier alpha value is -3.02. The number of methoxy groups -OCH3 is 1. The van der Waals surface area contributed by atoms with Crippen molar-refractivity contribution < 1.29 is 14.3 Å². The molecule has 0 aliphatic heterocycles. The summed E-state index contributed by atoms with van der Waals surface area (Å²) in [6.45, 7) is 1.43. The van der Waals surface area contributed by atoms with Crippen LogP contribution in [0.4, 0.5) is 5.82 Å². The fourth-order valence-corrected chi connectivity index (χ4v) is 2.15. The predicted molar refractivity (Wildman–Crippen MR) is 83.5 cm³/mol. The van der Waals surface area contributed by atoms with Crippen molar-refractivity contribution in [3.05, 3.63) is 42.7 Å². The third-order valence-electron chi connectivity index (χ3n) is 3.10. The first-order valence-corrected chi connectivity index (χ1v) is 6.72. The molecule has 2 N–H and O–H groups in total. The largest absolute Gasteiger partial charge is 0.493 e. The summed E-state index contributed by atoms with van der Waals surface area (Å²) in [5, 5.41) is 3.64. The highest BCUT2D eigenvalue weighted by molar-refractivity contribution is 5.87. The number of benzene rings is 1. The molecule has 0 fully saturated rings. The van der Waals surface area contributed by atoms with Crippen LogP contribution in [0.3, 0.4) is 0 Å². The Morgan fingerprint density at radius 2 is 2.09 bits per heavy atom. The molecule has 6 heteroatoms. The number of nitrogens with zero attached hydrogens (tertiary/aromatic N) is 1. The van der Waals surface area contributed by atoms with Gasteiger partial charge in [-0.2, -0.15) is 0 Å². The quantitative estimate of drug-likeness (QED) is 0.774. The molecule has 3 aromatic rings. The molecule has 0 saturated heterocycles. The number of rotatable bonds is 4. The van der Waals surface area contributed by atoms with Crippen molar-refractivity contribution in [3.63, 3.8) is 0 Å². The van der Waals surface area contributed by atoms with Gasteiger partial charge >= 0.3 is 0 Å². The molecule has 112 valence electrons. The molecule has 0 bridgehead atoms. The Bertz CT molecular complexity index is 826. The Morgan fingerprint density at radius 1 is 1.23 bits per heavy atom. The molecule has 0 atom stereocenters. The minimum Gasteiger partial charge on any atom is -0.493 e. The molecule has 0 aliphatic rings. The maximum Gasteiger partial charge on any atom is 0.222 e. The summed E-state index contributed by atoms with van der Waals surface area (Å²) in [7, 11) is 1.59. The SMILES string of the molecule is COc1cc2[nH]ccc2cc1Oc1ccnc(NC(C)=O)c1. The molecule has 1 amide bonds. The number of aromatic nitrogens is 2. The zero-order chi connectivity index (χ0) is 15.5. The molecule has 0 spiro atoms. The average Bonchev–Trinajstić information content (AvgIpc) is 2.93. The lowest BCUT2D eigenvalue weighted by Crippen LogP contribution is -2.07. The lowest BCUT2D eigenvalue weighted by atomic mass is 10.2.